The summed E-state index contributed by atoms with van der Waals surface area (Å²) >= 11 is 0. The van der Waals surface area contributed by atoms with Crippen molar-refractivity contribution in [1.29, 1.82) is 0 Å². The zero-order chi connectivity index (χ0) is 21.5. The van der Waals surface area contributed by atoms with Crippen molar-refractivity contribution in [2.45, 2.75) is 91.2 Å². The first-order chi connectivity index (χ1) is 15.0. The van der Waals surface area contributed by atoms with Crippen molar-refractivity contribution in [3.05, 3.63) is 47.5 Å². The highest BCUT2D eigenvalue weighted by Gasteiger charge is 2.74. The molecule has 2 heteroatoms. The second-order valence-electron chi connectivity index (χ2n) is 11.7. The minimum atomic E-state index is 0.463. The van der Waals surface area contributed by atoms with Crippen LogP contribution in [0.2, 0.25) is 0 Å². The van der Waals surface area contributed by atoms with Gasteiger partial charge < -0.3 is 10.1 Å². The van der Waals surface area contributed by atoms with Crippen molar-refractivity contribution in [3.63, 3.8) is 0 Å². The Morgan fingerprint density at radius 1 is 1.13 bits per heavy atom. The van der Waals surface area contributed by atoms with E-state index in [9.17, 15) is 0 Å². The van der Waals surface area contributed by atoms with Gasteiger partial charge in [-0.05, 0) is 98.9 Å². The number of rotatable bonds is 9. The molecular weight excluding hydrogens is 378 g/mol. The third-order valence-electron chi connectivity index (χ3n) is 10.3. The Balaban J connectivity index is 1.33. The Labute approximate surface area is 190 Å². The number of ether oxygens (including phenoxy) is 1. The molecule has 5 fully saturated rings. The first kappa shape index (κ1) is 21.7. The highest BCUT2D eigenvalue weighted by atomic mass is 16.5. The van der Waals surface area contributed by atoms with Crippen molar-refractivity contribution in [1.82, 2.24) is 5.32 Å². The fraction of sp³-hybridized carbons (Fsp3) is 0.724. The Kier molecular flexibility index (Phi) is 5.84. The number of nitrogens with one attached hydrogen (secondary N) is 1. The lowest BCUT2D eigenvalue weighted by molar-refractivity contribution is -0.187. The van der Waals surface area contributed by atoms with E-state index in [0.29, 0.717) is 16.2 Å². The molecule has 3 aliphatic carbocycles. The molecular formula is C29H43NO. The molecule has 0 amide bonds. The maximum Gasteiger partial charge on any atom is 0.0716 e. The van der Waals surface area contributed by atoms with Crippen molar-refractivity contribution in [3.8, 4) is 0 Å². The summed E-state index contributed by atoms with van der Waals surface area (Å²) in [5.74, 6) is 1.82. The summed E-state index contributed by atoms with van der Waals surface area (Å²) in [7, 11) is 0. The van der Waals surface area contributed by atoms with Gasteiger partial charge in [-0.3, -0.25) is 0 Å². The maximum absolute atomic E-state index is 6.14. The Morgan fingerprint density at radius 2 is 1.97 bits per heavy atom. The van der Waals surface area contributed by atoms with Gasteiger partial charge in [0.15, 0.2) is 0 Å². The van der Waals surface area contributed by atoms with E-state index in [2.05, 4.69) is 62.5 Å². The van der Waals surface area contributed by atoms with Crippen molar-refractivity contribution >= 4 is 0 Å². The molecule has 2 heterocycles. The van der Waals surface area contributed by atoms with Crippen LogP contribution >= 0.6 is 0 Å². The van der Waals surface area contributed by atoms with Gasteiger partial charge in [-0.25, -0.2) is 0 Å². The van der Waals surface area contributed by atoms with Crippen molar-refractivity contribution in [2.75, 3.05) is 13.2 Å². The van der Waals surface area contributed by atoms with Gasteiger partial charge in [0, 0.05) is 19.2 Å². The Bertz CT molecular complexity index is 798. The number of piperidine rings is 2. The molecule has 1 unspecified atom stereocenters. The van der Waals surface area contributed by atoms with Gasteiger partial charge in [0.05, 0.1) is 6.61 Å². The van der Waals surface area contributed by atoms with E-state index in [1.165, 1.54) is 75.5 Å². The highest BCUT2D eigenvalue weighted by Crippen LogP contribution is 2.77. The number of hydrogen-bond acceptors (Lipinski definition) is 2. The van der Waals surface area contributed by atoms with Crippen LogP contribution in [0.15, 0.2) is 42.0 Å². The summed E-state index contributed by atoms with van der Waals surface area (Å²) in [6.07, 6.45) is 15.1. The average Bonchev–Trinajstić information content (AvgIpc) is 3.36. The van der Waals surface area contributed by atoms with Crippen molar-refractivity contribution in [2.24, 2.45) is 28.1 Å². The molecule has 2 saturated heterocycles. The van der Waals surface area contributed by atoms with Crippen LogP contribution in [0.5, 0.6) is 0 Å². The topological polar surface area (TPSA) is 21.3 Å². The average molecular weight is 422 g/mol. The molecule has 1 aromatic carbocycles. The lowest BCUT2D eigenvalue weighted by atomic mass is 9.39. The molecule has 2 aliphatic heterocycles. The van der Waals surface area contributed by atoms with E-state index in [1.54, 1.807) is 0 Å². The van der Waals surface area contributed by atoms with E-state index < -0.39 is 0 Å². The summed E-state index contributed by atoms with van der Waals surface area (Å²) in [5, 5.41) is 4.15. The van der Waals surface area contributed by atoms with Gasteiger partial charge in [-0.1, -0.05) is 55.3 Å². The van der Waals surface area contributed by atoms with Crippen LogP contribution in [-0.4, -0.2) is 19.2 Å². The van der Waals surface area contributed by atoms with Crippen LogP contribution in [0, 0.1) is 28.1 Å². The van der Waals surface area contributed by atoms with E-state index in [1.807, 2.05) is 0 Å². The Morgan fingerprint density at radius 3 is 2.77 bits per heavy atom. The first-order valence-electron chi connectivity index (χ1n) is 13.0. The minimum absolute atomic E-state index is 0.463. The summed E-state index contributed by atoms with van der Waals surface area (Å²) < 4.78 is 6.14. The lowest BCUT2D eigenvalue weighted by Gasteiger charge is -2.69. The number of hydrogen-bond donors (Lipinski definition) is 1. The second kappa shape index (κ2) is 8.34. The highest BCUT2D eigenvalue weighted by molar-refractivity contribution is 5.26. The molecule has 0 radical (unpaired) electrons. The Hall–Kier alpha value is -1.12. The van der Waals surface area contributed by atoms with Crippen LogP contribution < -0.4 is 5.32 Å². The molecule has 5 aliphatic rings. The van der Waals surface area contributed by atoms with Crippen LogP contribution in [0.25, 0.3) is 0 Å². The van der Waals surface area contributed by atoms with Gasteiger partial charge in [0.25, 0.3) is 0 Å². The fourth-order valence-corrected chi connectivity index (χ4v) is 9.06. The quantitative estimate of drug-likeness (QED) is 0.346. The molecule has 6 rings (SSSR count). The summed E-state index contributed by atoms with van der Waals surface area (Å²) in [6.45, 7) is 10.1. The monoisotopic (exact) mass is 421 g/mol. The smallest absolute Gasteiger partial charge is 0.0716 e. The molecule has 2 nitrogen and oxygen atoms in total. The summed E-state index contributed by atoms with van der Waals surface area (Å²) in [5.41, 5.74) is 4.34. The molecule has 0 aromatic heterocycles. The van der Waals surface area contributed by atoms with Gasteiger partial charge >= 0.3 is 0 Å². The molecule has 6 atom stereocenters. The van der Waals surface area contributed by atoms with Gasteiger partial charge in [0.1, 0.15) is 0 Å². The molecule has 170 valence electrons. The maximum atomic E-state index is 6.14. The van der Waals surface area contributed by atoms with Gasteiger partial charge in [-0.2, -0.15) is 0 Å². The molecule has 3 saturated carbocycles. The normalized spacial score (nSPS) is 40.2. The van der Waals surface area contributed by atoms with E-state index >= 15 is 0 Å². The van der Waals surface area contributed by atoms with E-state index in [-0.39, 0.29) is 0 Å². The zero-order valence-electron chi connectivity index (χ0n) is 20.1. The predicted octanol–water partition coefficient (Wildman–Crippen LogP) is 6.90. The van der Waals surface area contributed by atoms with Gasteiger partial charge in [0.2, 0.25) is 0 Å². The second-order valence-corrected chi connectivity index (χ2v) is 11.7. The fourth-order valence-electron chi connectivity index (χ4n) is 9.06. The molecule has 1 spiro atoms. The van der Waals surface area contributed by atoms with Gasteiger partial charge in [-0.15, -0.1) is 0 Å². The number of benzene rings is 1. The zero-order valence-corrected chi connectivity index (χ0v) is 20.1. The third kappa shape index (κ3) is 3.35. The molecule has 1 N–H and O–H groups in total. The summed E-state index contributed by atoms with van der Waals surface area (Å²) in [4.78, 5) is 0. The van der Waals surface area contributed by atoms with Crippen LogP contribution in [-0.2, 0) is 11.3 Å². The van der Waals surface area contributed by atoms with Crippen LogP contribution in [0.4, 0.5) is 0 Å². The number of allylic oxidation sites excluding steroid dienone is 2. The standard InChI is InChI=1S/C29H43NO/c1-22(2)10-7-15-27(3)24-14-18-28-16-8-13-25(28)29(27,21-30-26(24)28)17-9-19-31-20-23-11-5-4-6-12-23/h4-6,10-12,24-26,30H,7-9,13-21H2,1-3H3/t24?,25-,26-,27+,28-,29-/m1/s1. The molecule has 4 bridgehead atoms. The largest absolute Gasteiger partial charge is 0.377 e. The first-order valence-corrected chi connectivity index (χ1v) is 13.0. The number of fused-ring (bicyclic) bond motifs is 1. The van der Waals surface area contributed by atoms with Crippen LogP contribution in [0.1, 0.15) is 84.1 Å². The molecule has 1 aromatic rings. The van der Waals surface area contributed by atoms with E-state index in [4.69, 9.17) is 4.74 Å². The summed E-state index contributed by atoms with van der Waals surface area (Å²) in [6, 6.07) is 11.4. The van der Waals surface area contributed by atoms with Crippen LogP contribution in [0.3, 0.4) is 0 Å². The SMILES string of the molecule is CC(C)=CCC[C@@]1(C)C2CC[C@]34CCC[C@H]3[C@@]1(CCCOCc1ccccc1)CN[C@H]24. The minimum Gasteiger partial charge on any atom is -0.377 e. The molecule has 31 heavy (non-hydrogen) atoms. The third-order valence-corrected chi connectivity index (χ3v) is 10.3. The van der Waals surface area contributed by atoms with Crippen molar-refractivity contribution < 1.29 is 4.74 Å². The predicted molar refractivity (Wildman–Crippen MR) is 129 cm³/mol. The lowest BCUT2D eigenvalue weighted by Crippen LogP contribution is -2.73. The van der Waals surface area contributed by atoms with E-state index in [0.717, 1.165) is 31.1 Å².